The van der Waals surface area contributed by atoms with E-state index >= 15 is 0 Å². The molecule has 0 aromatic heterocycles. The van der Waals surface area contributed by atoms with Crippen molar-refractivity contribution in [1.82, 2.24) is 4.90 Å². The highest BCUT2D eigenvalue weighted by atomic mass is 79.9. The second kappa shape index (κ2) is 10.3. The standard InChI is InChI=1S/C28H30BrN3O3/c1-28(2)14-22-26(23(33)15-28)25(21(16-30)27(31)32(22)12-13-34-3)20-6-4-5-7-24(20)35-17-18-8-10-19(29)11-9-18/h4-11,25H,12-15,17,31H2,1-3H3/t25-/m1/s1. The van der Waals surface area contributed by atoms with Gasteiger partial charge in [0.2, 0.25) is 0 Å². The molecule has 35 heavy (non-hydrogen) atoms. The summed E-state index contributed by atoms with van der Waals surface area (Å²) >= 11 is 3.45. The lowest BCUT2D eigenvalue weighted by atomic mass is 9.68. The number of methoxy groups -OCH3 is 1. The number of ether oxygens (including phenoxy) is 2. The van der Waals surface area contributed by atoms with Gasteiger partial charge in [0.25, 0.3) is 0 Å². The normalized spacial score (nSPS) is 19.5. The molecule has 1 aliphatic heterocycles. The van der Waals surface area contributed by atoms with E-state index in [2.05, 4.69) is 35.8 Å². The van der Waals surface area contributed by atoms with E-state index in [-0.39, 0.29) is 11.2 Å². The van der Waals surface area contributed by atoms with Gasteiger partial charge in [0, 0.05) is 41.4 Å². The van der Waals surface area contributed by atoms with Crippen molar-refractivity contribution in [2.45, 2.75) is 39.2 Å². The van der Waals surface area contributed by atoms with Crippen molar-refractivity contribution in [3.63, 3.8) is 0 Å². The molecule has 1 heterocycles. The van der Waals surface area contributed by atoms with Crippen LogP contribution in [-0.2, 0) is 16.1 Å². The van der Waals surface area contributed by atoms with Gasteiger partial charge in [-0.15, -0.1) is 0 Å². The van der Waals surface area contributed by atoms with Crippen molar-refractivity contribution < 1.29 is 14.3 Å². The van der Waals surface area contributed by atoms with Crippen LogP contribution in [0, 0.1) is 16.7 Å². The fourth-order valence-corrected chi connectivity index (χ4v) is 5.18. The predicted octanol–water partition coefficient (Wildman–Crippen LogP) is 5.41. The minimum absolute atomic E-state index is 0.0478. The van der Waals surface area contributed by atoms with Crippen molar-refractivity contribution in [2.75, 3.05) is 20.3 Å². The van der Waals surface area contributed by atoms with E-state index in [4.69, 9.17) is 15.2 Å². The fraction of sp³-hybridized carbons (Fsp3) is 0.357. The van der Waals surface area contributed by atoms with Gasteiger partial charge in [0.1, 0.15) is 18.2 Å². The summed E-state index contributed by atoms with van der Waals surface area (Å²) in [6.07, 6.45) is 1.11. The Kier molecular flexibility index (Phi) is 7.34. The quantitative estimate of drug-likeness (QED) is 0.509. The number of hydrogen-bond acceptors (Lipinski definition) is 6. The number of ketones is 1. The van der Waals surface area contributed by atoms with Crippen LogP contribution in [-0.4, -0.2) is 30.9 Å². The SMILES string of the molecule is COCCN1C(N)=C(C#N)[C@@H](c2ccccc2OCc2ccc(Br)cc2)C2=C1CC(C)(C)CC2=O. The number of allylic oxidation sites excluding steroid dienone is 3. The van der Waals surface area contributed by atoms with Crippen LogP contribution in [0.5, 0.6) is 5.75 Å². The van der Waals surface area contributed by atoms with Crippen LogP contribution in [0.1, 0.15) is 43.7 Å². The molecule has 0 saturated heterocycles. The van der Waals surface area contributed by atoms with Crippen LogP contribution >= 0.6 is 15.9 Å². The predicted molar refractivity (Wildman–Crippen MR) is 138 cm³/mol. The highest BCUT2D eigenvalue weighted by Gasteiger charge is 2.44. The Bertz CT molecular complexity index is 1220. The van der Waals surface area contributed by atoms with Crippen LogP contribution in [0.3, 0.4) is 0 Å². The summed E-state index contributed by atoms with van der Waals surface area (Å²) in [6, 6.07) is 17.8. The zero-order valence-electron chi connectivity index (χ0n) is 20.3. The number of Topliss-reactive ketones (excluding diaryl/α,β-unsaturated/α-hetero) is 1. The molecule has 0 amide bonds. The average Bonchev–Trinajstić information content (AvgIpc) is 2.82. The minimum atomic E-state index is -0.571. The molecule has 2 aliphatic rings. The molecule has 2 aromatic rings. The number of benzene rings is 2. The van der Waals surface area contributed by atoms with Gasteiger partial charge >= 0.3 is 0 Å². The van der Waals surface area contributed by atoms with Crippen molar-refractivity contribution >= 4 is 21.7 Å². The number of carbonyl (C=O) groups excluding carboxylic acids is 1. The number of nitrogens with two attached hydrogens (primary N) is 1. The van der Waals surface area contributed by atoms with E-state index in [1.165, 1.54) is 0 Å². The molecule has 6 nitrogen and oxygen atoms in total. The maximum absolute atomic E-state index is 13.6. The topological polar surface area (TPSA) is 88.6 Å². The molecule has 182 valence electrons. The monoisotopic (exact) mass is 535 g/mol. The number of nitrogens with zero attached hydrogens (tertiary/aromatic N) is 2. The fourth-order valence-electron chi connectivity index (χ4n) is 4.92. The maximum Gasteiger partial charge on any atom is 0.162 e. The Morgan fingerprint density at radius 1 is 1.17 bits per heavy atom. The summed E-state index contributed by atoms with van der Waals surface area (Å²) in [5.74, 6) is 0.488. The zero-order chi connectivity index (χ0) is 25.2. The summed E-state index contributed by atoms with van der Waals surface area (Å²) in [5.41, 5.74) is 10.1. The first-order chi connectivity index (χ1) is 16.8. The van der Waals surface area contributed by atoms with E-state index in [1.807, 2.05) is 53.4 Å². The molecule has 0 saturated carbocycles. The average molecular weight is 536 g/mol. The van der Waals surface area contributed by atoms with Crippen LogP contribution < -0.4 is 10.5 Å². The Balaban J connectivity index is 1.80. The molecular formula is C28H30BrN3O3. The molecule has 2 N–H and O–H groups in total. The Labute approximate surface area is 215 Å². The zero-order valence-corrected chi connectivity index (χ0v) is 21.9. The third kappa shape index (κ3) is 5.14. The first-order valence-corrected chi connectivity index (χ1v) is 12.4. The van der Waals surface area contributed by atoms with Crippen molar-refractivity contribution in [2.24, 2.45) is 11.1 Å². The third-order valence-electron chi connectivity index (χ3n) is 6.54. The molecule has 2 aromatic carbocycles. The third-order valence-corrected chi connectivity index (χ3v) is 7.07. The van der Waals surface area contributed by atoms with E-state index in [1.54, 1.807) is 7.11 Å². The second-order valence-corrected chi connectivity index (χ2v) is 10.7. The lowest BCUT2D eigenvalue weighted by Crippen LogP contribution is -2.43. The van der Waals surface area contributed by atoms with Gasteiger partial charge < -0.3 is 20.1 Å². The second-order valence-electron chi connectivity index (χ2n) is 9.74. The van der Waals surface area contributed by atoms with Gasteiger partial charge in [-0.2, -0.15) is 5.26 Å². The molecule has 0 spiro atoms. The molecule has 0 bridgehead atoms. The maximum atomic E-state index is 13.6. The van der Waals surface area contributed by atoms with E-state index in [9.17, 15) is 10.1 Å². The van der Waals surface area contributed by atoms with E-state index in [0.717, 1.165) is 21.3 Å². The molecule has 0 radical (unpaired) electrons. The van der Waals surface area contributed by atoms with Gasteiger partial charge in [-0.1, -0.05) is 60.1 Å². The molecular weight excluding hydrogens is 506 g/mol. The van der Waals surface area contributed by atoms with Crippen LogP contribution in [0.25, 0.3) is 0 Å². The van der Waals surface area contributed by atoms with Crippen molar-refractivity contribution in [3.8, 4) is 11.8 Å². The van der Waals surface area contributed by atoms with Crippen LogP contribution in [0.15, 0.2) is 75.7 Å². The first-order valence-electron chi connectivity index (χ1n) is 11.6. The highest BCUT2D eigenvalue weighted by Crippen LogP contribution is 2.50. The van der Waals surface area contributed by atoms with Gasteiger partial charge in [-0.25, -0.2) is 0 Å². The summed E-state index contributed by atoms with van der Waals surface area (Å²) in [5, 5.41) is 10.2. The number of rotatable bonds is 7. The Hall–Kier alpha value is -3.08. The summed E-state index contributed by atoms with van der Waals surface area (Å²) in [4.78, 5) is 15.5. The number of nitriles is 1. The number of para-hydroxylation sites is 1. The number of carbonyl (C=O) groups is 1. The lowest BCUT2D eigenvalue weighted by Gasteiger charge is -2.44. The van der Waals surface area contributed by atoms with Gasteiger partial charge in [0.15, 0.2) is 5.78 Å². The minimum Gasteiger partial charge on any atom is -0.489 e. The Morgan fingerprint density at radius 3 is 2.57 bits per heavy atom. The summed E-state index contributed by atoms with van der Waals surface area (Å²) in [7, 11) is 1.63. The largest absolute Gasteiger partial charge is 0.489 e. The van der Waals surface area contributed by atoms with Crippen molar-refractivity contribution in [1.29, 1.82) is 5.26 Å². The molecule has 0 unspecified atom stereocenters. The Morgan fingerprint density at radius 2 is 1.89 bits per heavy atom. The van der Waals surface area contributed by atoms with Crippen molar-refractivity contribution in [3.05, 3.63) is 86.8 Å². The summed E-state index contributed by atoms with van der Waals surface area (Å²) < 4.78 is 12.5. The number of halogens is 1. The molecule has 7 heteroatoms. The number of hydrogen-bond donors (Lipinski definition) is 1. The van der Waals surface area contributed by atoms with E-state index < -0.39 is 5.92 Å². The van der Waals surface area contributed by atoms with Gasteiger partial charge in [-0.3, -0.25) is 4.79 Å². The molecule has 1 aliphatic carbocycles. The molecule has 0 fully saturated rings. The van der Waals surface area contributed by atoms with E-state index in [0.29, 0.717) is 55.3 Å². The van der Waals surface area contributed by atoms with Crippen LogP contribution in [0.4, 0.5) is 0 Å². The summed E-state index contributed by atoms with van der Waals surface area (Å²) in [6.45, 7) is 5.46. The van der Waals surface area contributed by atoms with Crippen LogP contribution in [0.2, 0.25) is 0 Å². The van der Waals surface area contributed by atoms with Gasteiger partial charge in [0.05, 0.1) is 24.2 Å². The highest BCUT2D eigenvalue weighted by molar-refractivity contribution is 9.10. The smallest absolute Gasteiger partial charge is 0.162 e. The first kappa shape index (κ1) is 25.0. The molecule has 1 atom stereocenters. The lowest BCUT2D eigenvalue weighted by molar-refractivity contribution is -0.118. The van der Waals surface area contributed by atoms with Gasteiger partial charge in [-0.05, 0) is 35.6 Å². The molecule has 4 rings (SSSR count).